The van der Waals surface area contributed by atoms with Crippen LogP contribution in [0.3, 0.4) is 0 Å². The molecule has 0 spiro atoms. The maximum atomic E-state index is 12.2. The van der Waals surface area contributed by atoms with E-state index in [-0.39, 0.29) is 9.92 Å². The average Bonchev–Trinajstić information content (AvgIpc) is 2.51. The van der Waals surface area contributed by atoms with Crippen molar-refractivity contribution < 1.29 is 8.42 Å². The molecule has 1 N–H and O–H groups in total. The fourth-order valence-corrected chi connectivity index (χ4v) is 4.82. The number of hydrogen-bond acceptors (Lipinski definition) is 3. The lowest BCUT2D eigenvalue weighted by atomic mass is 10.1. The van der Waals surface area contributed by atoms with E-state index in [4.69, 9.17) is 23.2 Å². The maximum Gasteiger partial charge on any atom is 0.242 e. The number of sulfonamides is 1. The van der Waals surface area contributed by atoms with Crippen LogP contribution in [0.15, 0.2) is 47.4 Å². The summed E-state index contributed by atoms with van der Waals surface area (Å²) < 4.78 is 27.0. The normalized spacial score (nSPS) is 11.6. The van der Waals surface area contributed by atoms with Crippen LogP contribution in [0.4, 0.5) is 0 Å². The van der Waals surface area contributed by atoms with E-state index in [1.807, 2.05) is 12.1 Å². The number of thioether (sulfide) groups is 1. The topological polar surface area (TPSA) is 46.2 Å². The maximum absolute atomic E-state index is 12.2. The summed E-state index contributed by atoms with van der Waals surface area (Å²) in [6.07, 6.45) is 0. The van der Waals surface area contributed by atoms with E-state index < -0.39 is 10.0 Å². The fraction of sp³-hybridized carbons (Fsp3) is 0.250. The Morgan fingerprint density at radius 3 is 2.61 bits per heavy atom. The lowest BCUT2D eigenvalue weighted by Gasteiger charge is -2.09. The van der Waals surface area contributed by atoms with Crippen LogP contribution < -0.4 is 4.72 Å². The third-order valence-electron chi connectivity index (χ3n) is 3.24. The Morgan fingerprint density at radius 1 is 1.13 bits per heavy atom. The van der Waals surface area contributed by atoms with Crippen molar-refractivity contribution in [1.29, 1.82) is 0 Å². The molecule has 23 heavy (non-hydrogen) atoms. The van der Waals surface area contributed by atoms with Gasteiger partial charge in [-0.3, -0.25) is 0 Å². The molecule has 0 aliphatic heterocycles. The molecule has 0 heterocycles. The SMILES string of the molecule is Cc1ccccc1CSCCNS(=O)(=O)c1cc(Cl)ccc1Cl. The van der Waals surface area contributed by atoms with Crippen LogP contribution in [0, 0.1) is 6.92 Å². The molecule has 0 saturated carbocycles. The summed E-state index contributed by atoms with van der Waals surface area (Å²) in [4.78, 5) is 0.00979. The molecule has 0 aliphatic rings. The predicted octanol–water partition coefficient (Wildman–Crippen LogP) is 4.51. The summed E-state index contributed by atoms with van der Waals surface area (Å²) in [6.45, 7) is 2.40. The molecular formula is C16H17Cl2NO2S2. The third kappa shape index (κ3) is 5.40. The van der Waals surface area contributed by atoms with Crippen molar-refractivity contribution in [2.45, 2.75) is 17.6 Å². The highest BCUT2D eigenvalue weighted by atomic mass is 35.5. The molecule has 2 aromatic carbocycles. The minimum Gasteiger partial charge on any atom is -0.210 e. The van der Waals surface area contributed by atoms with Gasteiger partial charge in [0, 0.05) is 23.1 Å². The second kappa shape index (κ2) is 8.40. The van der Waals surface area contributed by atoms with E-state index in [9.17, 15) is 8.42 Å². The van der Waals surface area contributed by atoms with Crippen LogP contribution in [-0.4, -0.2) is 20.7 Å². The second-order valence-electron chi connectivity index (χ2n) is 4.95. The molecule has 2 rings (SSSR count). The van der Waals surface area contributed by atoms with E-state index in [2.05, 4.69) is 23.8 Å². The van der Waals surface area contributed by atoms with E-state index >= 15 is 0 Å². The van der Waals surface area contributed by atoms with E-state index in [0.717, 1.165) is 5.75 Å². The zero-order chi connectivity index (χ0) is 16.9. The lowest BCUT2D eigenvalue weighted by molar-refractivity contribution is 0.584. The molecule has 124 valence electrons. The van der Waals surface area contributed by atoms with Gasteiger partial charge in [0.05, 0.1) is 5.02 Å². The van der Waals surface area contributed by atoms with Gasteiger partial charge in [-0.2, -0.15) is 11.8 Å². The Labute approximate surface area is 151 Å². The van der Waals surface area contributed by atoms with Crippen molar-refractivity contribution in [2.75, 3.05) is 12.3 Å². The smallest absolute Gasteiger partial charge is 0.210 e. The zero-order valence-electron chi connectivity index (χ0n) is 12.6. The summed E-state index contributed by atoms with van der Waals surface area (Å²) in [6, 6.07) is 12.6. The Balaban J connectivity index is 1.86. The average molecular weight is 390 g/mol. The van der Waals surface area contributed by atoms with Gasteiger partial charge < -0.3 is 0 Å². The van der Waals surface area contributed by atoms with Gasteiger partial charge in [0.25, 0.3) is 0 Å². The number of halogens is 2. The molecule has 0 saturated heterocycles. The third-order valence-corrected chi connectivity index (χ3v) is 6.43. The van der Waals surface area contributed by atoms with Gasteiger partial charge in [0.15, 0.2) is 0 Å². The zero-order valence-corrected chi connectivity index (χ0v) is 15.7. The van der Waals surface area contributed by atoms with Gasteiger partial charge in [-0.05, 0) is 36.2 Å². The lowest BCUT2D eigenvalue weighted by Crippen LogP contribution is -2.26. The summed E-state index contributed by atoms with van der Waals surface area (Å²) in [5.41, 5.74) is 2.50. The molecule has 0 aliphatic carbocycles. The highest BCUT2D eigenvalue weighted by molar-refractivity contribution is 7.98. The first-order valence-electron chi connectivity index (χ1n) is 6.97. The highest BCUT2D eigenvalue weighted by Gasteiger charge is 2.17. The number of rotatable bonds is 7. The van der Waals surface area contributed by atoms with E-state index in [1.54, 1.807) is 17.8 Å². The van der Waals surface area contributed by atoms with Gasteiger partial charge in [0.1, 0.15) is 4.90 Å². The van der Waals surface area contributed by atoms with Crippen LogP contribution in [0.1, 0.15) is 11.1 Å². The van der Waals surface area contributed by atoms with Gasteiger partial charge in [0.2, 0.25) is 10.0 Å². The van der Waals surface area contributed by atoms with Gasteiger partial charge in [-0.25, -0.2) is 13.1 Å². The fourth-order valence-electron chi connectivity index (χ4n) is 1.96. The summed E-state index contributed by atoms with van der Waals surface area (Å²) in [5.74, 6) is 1.53. The Hall–Kier alpha value is -0.720. The predicted molar refractivity (Wildman–Crippen MR) is 99.0 cm³/mol. The van der Waals surface area contributed by atoms with E-state index in [0.29, 0.717) is 17.3 Å². The quantitative estimate of drug-likeness (QED) is 0.708. The van der Waals surface area contributed by atoms with Crippen molar-refractivity contribution in [3.8, 4) is 0 Å². The van der Waals surface area contributed by atoms with Gasteiger partial charge in [-0.1, -0.05) is 47.5 Å². The first-order chi connectivity index (χ1) is 10.9. The molecule has 7 heteroatoms. The Morgan fingerprint density at radius 2 is 1.87 bits per heavy atom. The molecule has 0 radical (unpaired) electrons. The molecule has 3 nitrogen and oxygen atoms in total. The Bertz CT molecular complexity index is 779. The minimum atomic E-state index is -3.65. The minimum absolute atomic E-state index is 0.00979. The van der Waals surface area contributed by atoms with Crippen molar-refractivity contribution >= 4 is 45.0 Å². The van der Waals surface area contributed by atoms with Crippen LogP contribution in [0.5, 0.6) is 0 Å². The van der Waals surface area contributed by atoms with Crippen LogP contribution in [-0.2, 0) is 15.8 Å². The molecular weight excluding hydrogens is 373 g/mol. The summed E-state index contributed by atoms with van der Waals surface area (Å²) in [5, 5.41) is 0.498. The number of hydrogen-bond donors (Lipinski definition) is 1. The Kier molecular flexibility index (Phi) is 6.80. The standard InChI is InChI=1S/C16H17Cl2NO2S2/c1-12-4-2-3-5-13(12)11-22-9-8-19-23(20,21)16-10-14(17)6-7-15(16)18/h2-7,10,19H,8-9,11H2,1H3. The molecule has 0 amide bonds. The molecule has 0 atom stereocenters. The summed E-state index contributed by atoms with van der Waals surface area (Å²) >= 11 is 13.4. The van der Waals surface area contributed by atoms with Crippen molar-refractivity contribution in [1.82, 2.24) is 4.72 Å². The van der Waals surface area contributed by atoms with Crippen molar-refractivity contribution in [2.24, 2.45) is 0 Å². The van der Waals surface area contributed by atoms with Crippen LogP contribution in [0.25, 0.3) is 0 Å². The van der Waals surface area contributed by atoms with E-state index in [1.165, 1.54) is 23.3 Å². The first kappa shape index (κ1) is 18.6. The second-order valence-corrected chi connectivity index (χ2v) is 8.64. The van der Waals surface area contributed by atoms with Gasteiger partial charge >= 0.3 is 0 Å². The van der Waals surface area contributed by atoms with Crippen LogP contribution in [0.2, 0.25) is 10.0 Å². The monoisotopic (exact) mass is 389 g/mol. The molecule has 0 fully saturated rings. The van der Waals surface area contributed by atoms with Crippen LogP contribution >= 0.6 is 35.0 Å². The number of benzene rings is 2. The largest absolute Gasteiger partial charge is 0.242 e. The first-order valence-corrected chi connectivity index (χ1v) is 10.4. The van der Waals surface area contributed by atoms with Crippen molar-refractivity contribution in [3.05, 3.63) is 63.6 Å². The molecule has 0 bridgehead atoms. The molecule has 0 aromatic heterocycles. The molecule has 2 aromatic rings. The number of aryl methyl sites for hydroxylation is 1. The summed E-state index contributed by atoms with van der Waals surface area (Å²) in [7, 11) is -3.65. The molecule has 0 unspecified atom stereocenters. The van der Waals surface area contributed by atoms with Gasteiger partial charge in [-0.15, -0.1) is 0 Å². The highest BCUT2D eigenvalue weighted by Crippen LogP contribution is 2.24. The number of nitrogens with one attached hydrogen (secondary N) is 1. The van der Waals surface area contributed by atoms with Crippen molar-refractivity contribution in [3.63, 3.8) is 0 Å².